The number of nitrogens with one attached hydrogen (secondary N) is 1. The van der Waals surface area contributed by atoms with Crippen molar-refractivity contribution in [1.29, 1.82) is 0 Å². The fourth-order valence-corrected chi connectivity index (χ4v) is 5.37. The van der Waals surface area contributed by atoms with Gasteiger partial charge in [0.2, 0.25) is 0 Å². The van der Waals surface area contributed by atoms with Gasteiger partial charge in [-0.25, -0.2) is 4.98 Å². The highest BCUT2D eigenvalue weighted by Crippen LogP contribution is 2.38. The van der Waals surface area contributed by atoms with E-state index in [0.717, 1.165) is 63.5 Å². The Bertz CT molecular complexity index is 1260. The van der Waals surface area contributed by atoms with Gasteiger partial charge in [-0.2, -0.15) is 5.10 Å². The number of benzene rings is 1. The van der Waals surface area contributed by atoms with Crippen LogP contribution in [-0.4, -0.2) is 69.1 Å². The molecule has 1 fully saturated rings. The minimum atomic E-state index is -0.0445. The monoisotopic (exact) mass is 446 g/mol. The van der Waals surface area contributed by atoms with E-state index in [-0.39, 0.29) is 11.9 Å². The number of rotatable bonds is 4. The van der Waals surface area contributed by atoms with Crippen LogP contribution < -0.4 is 0 Å². The van der Waals surface area contributed by atoms with Gasteiger partial charge in [0.1, 0.15) is 16.4 Å². The first-order chi connectivity index (χ1) is 15.5. The lowest BCUT2D eigenvalue weighted by molar-refractivity contribution is 0.0655. The summed E-state index contributed by atoms with van der Waals surface area (Å²) in [6.45, 7) is 4.05. The Morgan fingerprint density at radius 3 is 2.78 bits per heavy atom. The summed E-state index contributed by atoms with van der Waals surface area (Å²) in [5.41, 5.74) is 4.27. The fraction of sp³-hybridized carbons (Fsp3) is 0.333. The van der Waals surface area contributed by atoms with Crippen LogP contribution in [0.15, 0.2) is 42.7 Å². The van der Waals surface area contributed by atoms with Crippen LogP contribution in [0.2, 0.25) is 0 Å². The Kier molecular flexibility index (Phi) is 5.48. The minimum Gasteiger partial charge on any atom is -0.337 e. The molecule has 4 heterocycles. The van der Waals surface area contributed by atoms with Crippen LogP contribution in [0.25, 0.3) is 32.0 Å². The van der Waals surface area contributed by atoms with Crippen molar-refractivity contribution in [2.24, 2.45) is 0 Å². The standard InChI is InChI=1S/C24H26N6OS/c1-15-6-4-8-18-19(15)27-28-20(18)23-26-21(22(32-23)16-7-5-11-25-14-16)24(31)30(3)17-9-12-29(2)13-10-17/h4-8,11,14,17H,9-10,12-13H2,1-3H3,(H,27,28). The van der Waals surface area contributed by atoms with Crippen LogP contribution in [0, 0.1) is 6.92 Å². The van der Waals surface area contributed by atoms with E-state index in [0.29, 0.717) is 5.69 Å². The summed E-state index contributed by atoms with van der Waals surface area (Å²) in [7, 11) is 4.03. The maximum atomic E-state index is 13.6. The molecule has 3 aromatic heterocycles. The number of pyridine rings is 1. The predicted molar refractivity (Wildman–Crippen MR) is 128 cm³/mol. The van der Waals surface area contributed by atoms with Crippen molar-refractivity contribution in [1.82, 2.24) is 30.0 Å². The number of carbonyl (C=O) groups is 1. The maximum absolute atomic E-state index is 13.6. The lowest BCUT2D eigenvalue weighted by Crippen LogP contribution is -2.44. The van der Waals surface area contributed by atoms with Crippen LogP contribution >= 0.6 is 11.3 Å². The zero-order valence-corrected chi connectivity index (χ0v) is 19.3. The number of aryl methyl sites for hydroxylation is 1. The second-order valence-electron chi connectivity index (χ2n) is 8.46. The van der Waals surface area contributed by atoms with E-state index in [1.165, 1.54) is 11.3 Å². The van der Waals surface area contributed by atoms with Crippen molar-refractivity contribution in [3.8, 4) is 21.1 Å². The van der Waals surface area contributed by atoms with E-state index in [1.807, 2.05) is 36.2 Å². The molecule has 0 aliphatic carbocycles. The number of fused-ring (bicyclic) bond motifs is 1. The summed E-state index contributed by atoms with van der Waals surface area (Å²) in [6.07, 6.45) is 5.47. The third-order valence-electron chi connectivity index (χ3n) is 6.32. The molecule has 1 aromatic carbocycles. The van der Waals surface area contributed by atoms with E-state index in [9.17, 15) is 4.79 Å². The molecule has 0 spiro atoms. The number of aromatic nitrogens is 4. The van der Waals surface area contributed by atoms with Gasteiger partial charge in [-0.1, -0.05) is 24.3 Å². The second kappa shape index (κ2) is 8.44. The summed E-state index contributed by atoms with van der Waals surface area (Å²) in [5, 5.41) is 9.44. The molecule has 1 N–H and O–H groups in total. The molecule has 7 nitrogen and oxygen atoms in total. The van der Waals surface area contributed by atoms with Crippen molar-refractivity contribution in [2.75, 3.05) is 27.2 Å². The van der Waals surface area contributed by atoms with Crippen LogP contribution in [0.4, 0.5) is 0 Å². The van der Waals surface area contributed by atoms with E-state index in [2.05, 4.69) is 40.1 Å². The number of aromatic amines is 1. The van der Waals surface area contributed by atoms with Gasteiger partial charge in [-0.15, -0.1) is 11.3 Å². The Morgan fingerprint density at radius 1 is 1.22 bits per heavy atom. The number of H-pyrrole nitrogens is 1. The highest BCUT2D eigenvalue weighted by molar-refractivity contribution is 7.18. The lowest BCUT2D eigenvalue weighted by atomic mass is 10.0. The van der Waals surface area contributed by atoms with E-state index >= 15 is 0 Å². The molecule has 0 unspecified atom stereocenters. The molecular formula is C24H26N6OS. The van der Waals surface area contributed by atoms with Crippen molar-refractivity contribution in [2.45, 2.75) is 25.8 Å². The first kappa shape index (κ1) is 20.8. The average Bonchev–Trinajstić information content (AvgIpc) is 3.44. The number of piperidine rings is 1. The highest BCUT2D eigenvalue weighted by Gasteiger charge is 2.29. The highest BCUT2D eigenvalue weighted by atomic mass is 32.1. The quantitative estimate of drug-likeness (QED) is 0.508. The van der Waals surface area contributed by atoms with E-state index < -0.39 is 0 Å². The number of likely N-dealkylation sites (tertiary alicyclic amines) is 1. The minimum absolute atomic E-state index is 0.0445. The molecule has 1 saturated heterocycles. The Labute approximate surface area is 191 Å². The Balaban J connectivity index is 1.58. The summed E-state index contributed by atoms with van der Waals surface area (Å²) >= 11 is 1.49. The van der Waals surface area contributed by atoms with E-state index in [4.69, 9.17) is 4.98 Å². The lowest BCUT2D eigenvalue weighted by Gasteiger charge is -2.34. The van der Waals surface area contributed by atoms with Gasteiger partial charge < -0.3 is 9.80 Å². The topological polar surface area (TPSA) is 78.0 Å². The fourth-order valence-electron chi connectivity index (χ4n) is 4.32. The van der Waals surface area contributed by atoms with Gasteiger partial charge in [-0.05, 0) is 51.5 Å². The number of amides is 1. The van der Waals surface area contributed by atoms with Crippen molar-refractivity contribution in [3.63, 3.8) is 0 Å². The van der Waals surface area contributed by atoms with Crippen molar-refractivity contribution >= 4 is 28.1 Å². The van der Waals surface area contributed by atoms with E-state index in [1.54, 1.807) is 12.4 Å². The Morgan fingerprint density at radius 2 is 2.03 bits per heavy atom. The van der Waals surface area contributed by atoms with Crippen LogP contribution in [0.5, 0.6) is 0 Å². The molecule has 0 bridgehead atoms. The number of carbonyl (C=O) groups excluding carboxylic acids is 1. The van der Waals surface area contributed by atoms with Gasteiger partial charge in [0, 0.05) is 36.4 Å². The summed E-state index contributed by atoms with van der Waals surface area (Å²) in [6, 6.07) is 10.2. The van der Waals surface area contributed by atoms with Crippen molar-refractivity contribution < 1.29 is 4.79 Å². The maximum Gasteiger partial charge on any atom is 0.274 e. The molecule has 32 heavy (non-hydrogen) atoms. The zero-order chi connectivity index (χ0) is 22.2. The predicted octanol–water partition coefficient (Wildman–Crippen LogP) is 4.22. The number of hydrogen-bond donors (Lipinski definition) is 1. The molecule has 1 amide bonds. The smallest absolute Gasteiger partial charge is 0.274 e. The Hall–Kier alpha value is -3.10. The molecule has 4 aromatic rings. The summed E-state index contributed by atoms with van der Waals surface area (Å²) in [5.74, 6) is -0.0445. The number of para-hydroxylation sites is 1. The van der Waals surface area contributed by atoms with Crippen LogP contribution in [-0.2, 0) is 0 Å². The zero-order valence-electron chi connectivity index (χ0n) is 18.5. The molecule has 164 valence electrons. The summed E-state index contributed by atoms with van der Waals surface area (Å²) < 4.78 is 0. The first-order valence-electron chi connectivity index (χ1n) is 10.8. The SMILES string of the molecule is Cc1cccc2c(-c3nc(C(=O)N(C)C4CCN(C)CC4)c(-c4cccnc4)s3)n[nH]c12. The molecule has 5 rings (SSSR count). The number of nitrogens with zero attached hydrogens (tertiary/aromatic N) is 5. The van der Waals surface area contributed by atoms with Gasteiger partial charge in [0.15, 0.2) is 0 Å². The molecule has 0 radical (unpaired) electrons. The number of thiazole rings is 1. The van der Waals surface area contributed by atoms with Gasteiger partial charge in [0.05, 0.1) is 10.4 Å². The molecule has 1 aliphatic rings. The molecule has 1 aliphatic heterocycles. The van der Waals surface area contributed by atoms with Gasteiger partial charge >= 0.3 is 0 Å². The van der Waals surface area contributed by atoms with Gasteiger partial charge in [0.25, 0.3) is 5.91 Å². The molecule has 0 saturated carbocycles. The average molecular weight is 447 g/mol. The normalized spacial score (nSPS) is 15.3. The van der Waals surface area contributed by atoms with Crippen LogP contribution in [0.3, 0.4) is 0 Å². The first-order valence-corrected chi connectivity index (χ1v) is 11.7. The molecule has 8 heteroatoms. The third-order valence-corrected chi connectivity index (χ3v) is 7.43. The third kappa shape index (κ3) is 3.69. The molecule has 0 atom stereocenters. The number of hydrogen-bond acceptors (Lipinski definition) is 6. The van der Waals surface area contributed by atoms with Crippen molar-refractivity contribution in [3.05, 3.63) is 54.0 Å². The molecular weight excluding hydrogens is 420 g/mol. The van der Waals surface area contributed by atoms with Gasteiger partial charge in [-0.3, -0.25) is 14.9 Å². The largest absolute Gasteiger partial charge is 0.337 e. The summed E-state index contributed by atoms with van der Waals surface area (Å²) in [4.78, 5) is 27.8. The van der Waals surface area contributed by atoms with Crippen LogP contribution in [0.1, 0.15) is 28.9 Å². The second-order valence-corrected chi connectivity index (χ2v) is 9.46.